The van der Waals surface area contributed by atoms with Gasteiger partial charge >= 0.3 is 0 Å². The number of carbonyl (C=O) groups is 1. The van der Waals surface area contributed by atoms with Crippen LogP contribution in [0.15, 0.2) is 18.2 Å². The standard InChI is InChI=1S/C18H22O3/c1-20-17-9-11(10-19)2-3-16(17)21-18-14-5-12-4-13(7-14)8-15(18)6-12/h2-3,9-10,12-15,18H,4-8H2,1H3. The molecule has 0 unspecified atom stereocenters. The molecule has 1 aromatic rings. The van der Waals surface area contributed by atoms with Gasteiger partial charge in [-0.15, -0.1) is 0 Å². The van der Waals surface area contributed by atoms with E-state index in [9.17, 15) is 4.79 Å². The van der Waals surface area contributed by atoms with Gasteiger partial charge in [0.25, 0.3) is 0 Å². The number of benzene rings is 1. The van der Waals surface area contributed by atoms with Gasteiger partial charge in [0.15, 0.2) is 11.5 Å². The van der Waals surface area contributed by atoms with E-state index in [1.165, 1.54) is 32.1 Å². The highest BCUT2D eigenvalue weighted by Crippen LogP contribution is 2.55. The highest BCUT2D eigenvalue weighted by atomic mass is 16.5. The number of methoxy groups -OCH3 is 1. The summed E-state index contributed by atoms with van der Waals surface area (Å²) in [4.78, 5) is 10.9. The molecule has 3 heteroatoms. The molecule has 0 aliphatic heterocycles. The van der Waals surface area contributed by atoms with Crippen molar-refractivity contribution in [1.29, 1.82) is 0 Å². The Morgan fingerprint density at radius 2 is 1.67 bits per heavy atom. The zero-order chi connectivity index (χ0) is 14.4. The Hall–Kier alpha value is -1.51. The molecule has 0 radical (unpaired) electrons. The lowest BCUT2D eigenvalue weighted by atomic mass is 9.55. The Morgan fingerprint density at radius 1 is 1.00 bits per heavy atom. The van der Waals surface area contributed by atoms with Gasteiger partial charge in [-0.2, -0.15) is 0 Å². The van der Waals surface area contributed by atoms with E-state index >= 15 is 0 Å². The summed E-state index contributed by atoms with van der Waals surface area (Å²) in [5.74, 6) is 4.81. The normalized spacial score (nSPS) is 36.5. The lowest BCUT2D eigenvalue weighted by Gasteiger charge is -2.53. The van der Waals surface area contributed by atoms with Crippen LogP contribution >= 0.6 is 0 Å². The molecule has 0 spiro atoms. The van der Waals surface area contributed by atoms with Gasteiger partial charge < -0.3 is 9.47 Å². The van der Waals surface area contributed by atoms with Crippen LogP contribution in [-0.2, 0) is 0 Å². The Balaban J connectivity index is 1.57. The van der Waals surface area contributed by atoms with Gasteiger partial charge in [-0.1, -0.05) is 0 Å². The van der Waals surface area contributed by atoms with Crippen molar-refractivity contribution in [2.24, 2.45) is 23.7 Å². The second-order valence-corrected chi connectivity index (χ2v) is 7.04. The van der Waals surface area contributed by atoms with Crippen LogP contribution in [0.5, 0.6) is 11.5 Å². The molecule has 4 fully saturated rings. The van der Waals surface area contributed by atoms with E-state index in [1.54, 1.807) is 19.2 Å². The van der Waals surface area contributed by atoms with E-state index in [2.05, 4.69) is 0 Å². The van der Waals surface area contributed by atoms with Gasteiger partial charge in [-0.25, -0.2) is 0 Å². The van der Waals surface area contributed by atoms with Crippen molar-refractivity contribution < 1.29 is 14.3 Å². The summed E-state index contributed by atoms with van der Waals surface area (Å²) in [6, 6.07) is 5.45. The molecular weight excluding hydrogens is 264 g/mol. The maximum absolute atomic E-state index is 10.9. The molecule has 4 bridgehead atoms. The minimum Gasteiger partial charge on any atom is -0.493 e. The van der Waals surface area contributed by atoms with E-state index in [0.717, 1.165) is 35.7 Å². The lowest BCUT2D eigenvalue weighted by Crippen LogP contribution is -2.50. The smallest absolute Gasteiger partial charge is 0.161 e. The summed E-state index contributed by atoms with van der Waals surface area (Å²) in [5, 5.41) is 0. The monoisotopic (exact) mass is 286 g/mol. The van der Waals surface area contributed by atoms with E-state index in [0.29, 0.717) is 17.4 Å². The number of hydrogen-bond acceptors (Lipinski definition) is 3. The first-order valence-electron chi connectivity index (χ1n) is 8.06. The molecule has 4 aliphatic rings. The molecule has 0 heterocycles. The first-order valence-corrected chi connectivity index (χ1v) is 8.06. The molecule has 4 aliphatic carbocycles. The second-order valence-electron chi connectivity index (χ2n) is 7.04. The number of rotatable bonds is 4. The highest BCUT2D eigenvalue weighted by Gasteiger charge is 2.49. The fourth-order valence-electron chi connectivity index (χ4n) is 5.07. The molecule has 4 saturated carbocycles. The summed E-state index contributed by atoms with van der Waals surface area (Å²) in [6.45, 7) is 0. The number of carbonyl (C=O) groups excluding carboxylic acids is 1. The predicted molar refractivity (Wildman–Crippen MR) is 79.8 cm³/mol. The van der Waals surface area contributed by atoms with Crippen LogP contribution in [-0.4, -0.2) is 19.5 Å². The largest absolute Gasteiger partial charge is 0.493 e. The Kier molecular flexibility index (Phi) is 3.16. The Morgan fingerprint density at radius 3 is 2.24 bits per heavy atom. The summed E-state index contributed by atoms with van der Waals surface area (Å²) < 4.78 is 11.8. The van der Waals surface area contributed by atoms with Crippen LogP contribution in [0.25, 0.3) is 0 Å². The molecule has 0 aromatic heterocycles. The summed E-state index contributed by atoms with van der Waals surface area (Å²) in [6.07, 6.45) is 8.00. The molecule has 0 amide bonds. The van der Waals surface area contributed by atoms with Gasteiger partial charge in [0.05, 0.1) is 7.11 Å². The average molecular weight is 286 g/mol. The van der Waals surface area contributed by atoms with Gasteiger partial charge in [0.1, 0.15) is 12.4 Å². The summed E-state index contributed by atoms with van der Waals surface area (Å²) in [5.41, 5.74) is 0.629. The van der Waals surface area contributed by atoms with Crippen LogP contribution in [0.1, 0.15) is 42.5 Å². The van der Waals surface area contributed by atoms with Crippen molar-refractivity contribution in [2.45, 2.75) is 38.2 Å². The topological polar surface area (TPSA) is 35.5 Å². The molecule has 112 valence electrons. The Labute approximate surface area is 125 Å². The maximum atomic E-state index is 10.9. The van der Waals surface area contributed by atoms with Crippen LogP contribution in [0.4, 0.5) is 0 Å². The number of ether oxygens (including phenoxy) is 2. The SMILES string of the molecule is COc1cc(C=O)ccc1OC1C2CC3CC(C2)CC1C3. The second kappa shape index (κ2) is 5.04. The quantitative estimate of drug-likeness (QED) is 0.791. The maximum Gasteiger partial charge on any atom is 0.161 e. The van der Waals surface area contributed by atoms with Crippen molar-refractivity contribution in [3.8, 4) is 11.5 Å². The zero-order valence-electron chi connectivity index (χ0n) is 12.5. The molecule has 21 heavy (non-hydrogen) atoms. The Bertz CT molecular complexity index is 523. The summed E-state index contributed by atoms with van der Waals surface area (Å²) in [7, 11) is 1.63. The number of hydrogen-bond donors (Lipinski definition) is 0. The molecule has 0 saturated heterocycles. The van der Waals surface area contributed by atoms with Crippen molar-refractivity contribution in [3.05, 3.63) is 23.8 Å². The third kappa shape index (κ3) is 2.23. The first kappa shape index (κ1) is 13.2. The van der Waals surface area contributed by atoms with E-state index in [-0.39, 0.29) is 0 Å². The van der Waals surface area contributed by atoms with Crippen molar-refractivity contribution in [2.75, 3.05) is 7.11 Å². The predicted octanol–water partition coefficient (Wildman–Crippen LogP) is 3.71. The first-order chi connectivity index (χ1) is 10.3. The zero-order valence-corrected chi connectivity index (χ0v) is 12.5. The molecular formula is C18H22O3. The van der Waals surface area contributed by atoms with Gasteiger partial charge in [0.2, 0.25) is 0 Å². The molecule has 5 rings (SSSR count). The van der Waals surface area contributed by atoms with Crippen LogP contribution in [0.3, 0.4) is 0 Å². The van der Waals surface area contributed by atoms with Crippen molar-refractivity contribution in [3.63, 3.8) is 0 Å². The van der Waals surface area contributed by atoms with Crippen molar-refractivity contribution in [1.82, 2.24) is 0 Å². The average Bonchev–Trinajstić information content (AvgIpc) is 2.50. The van der Waals surface area contributed by atoms with Crippen molar-refractivity contribution >= 4 is 6.29 Å². The fourth-order valence-corrected chi connectivity index (χ4v) is 5.07. The van der Waals surface area contributed by atoms with Gasteiger partial charge in [-0.05, 0) is 74.0 Å². The lowest BCUT2D eigenvalue weighted by molar-refractivity contribution is -0.0795. The molecule has 0 atom stereocenters. The fraction of sp³-hybridized carbons (Fsp3) is 0.611. The minimum atomic E-state index is 0.341. The van der Waals surface area contributed by atoms with E-state index in [4.69, 9.17) is 9.47 Å². The highest BCUT2D eigenvalue weighted by molar-refractivity contribution is 5.76. The molecule has 1 aromatic carbocycles. The summed E-state index contributed by atoms with van der Waals surface area (Å²) >= 11 is 0. The van der Waals surface area contributed by atoms with E-state index in [1.807, 2.05) is 6.07 Å². The molecule has 3 nitrogen and oxygen atoms in total. The van der Waals surface area contributed by atoms with E-state index < -0.39 is 0 Å². The molecule has 0 N–H and O–H groups in total. The van der Waals surface area contributed by atoms with Gasteiger partial charge in [-0.3, -0.25) is 4.79 Å². The third-order valence-electron chi connectivity index (χ3n) is 5.73. The third-order valence-corrected chi connectivity index (χ3v) is 5.73. The van der Waals surface area contributed by atoms with Crippen LogP contribution in [0, 0.1) is 23.7 Å². The van der Waals surface area contributed by atoms with Gasteiger partial charge in [0, 0.05) is 5.56 Å². The van der Waals surface area contributed by atoms with Crippen LogP contribution < -0.4 is 9.47 Å². The minimum absolute atomic E-state index is 0.341. The number of aldehydes is 1. The van der Waals surface area contributed by atoms with Crippen LogP contribution in [0.2, 0.25) is 0 Å².